The number of hydrogen-bond donors (Lipinski definition) is 1. The lowest BCUT2D eigenvalue weighted by molar-refractivity contribution is 0.250. The van der Waals surface area contributed by atoms with E-state index in [2.05, 4.69) is 11.8 Å². The van der Waals surface area contributed by atoms with E-state index in [0.29, 0.717) is 5.56 Å². The molecule has 2 nitrogen and oxygen atoms in total. The normalized spacial score (nSPS) is 13.0. The van der Waals surface area contributed by atoms with Crippen molar-refractivity contribution in [2.24, 2.45) is 0 Å². The molecule has 96 valence electrons. The molecule has 17 heavy (non-hydrogen) atoms. The van der Waals surface area contributed by atoms with E-state index in [-0.39, 0.29) is 17.6 Å². The summed E-state index contributed by atoms with van der Waals surface area (Å²) in [4.78, 5) is 2.14. The van der Waals surface area contributed by atoms with Crippen LogP contribution in [-0.2, 0) is 0 Å². The van der Waals surface area contributed by atoms with Crippen LogP contribution >= 0.6 is 0 Å². The molecule has 1 atom stereocenters. The van der Waals surface area contributed by atoms with Gasteiger partial charge in [-0.05, 0) is 33.0 Å². The number of aromatic hydroxyl groups is 1. The fraction of sp³-hybridized carbons (Fsp3) is 0.571. The number of halogens is 1. The molecule has 0 aliphatic heterocycles. The first-order valence-electron chi connectivity index (χ1n) is 6.25. The SMILES string of the molecule is CCCCCN(C)C(C)c1ccc(O)cc1F. The number of hydrogen-bond acceptors (Lipinski definition) is 2. The van der Waals surface area contributed by atoms with Crippen molar-refractivity contribution in [1.29, 1.82) is 0 Å². The summed E-state index contributed by atoms with van der Waals surface area (Å²) in [6, 6.07) is 4.40. The lowest BCUT2D eigenvalue weighted by Crippen LogP contribution is -2.24. The Hall–Kier alpha value is -1.09. The Bertz CT molecular complexity index is 354. The average Bonchev–Trinajstić information content (AvgIpc) is 2.28. The zero-order chi connectivity index (χ0) is 12.8. The van der Waals surface area contributed by atoms with Crippen LogP contribution in [0.2, 0.25) is 0 Å². The summed E-state index contributed by atoms with van der Waals surface area (Å²) in [6.45, 7) is 5.12. The average molecular weight is 239 g/mol. The third kappa shape index (κ3) is 4.00. The summed E-state index contributed by atoms with van der Waals surface area (Å²) in [5.74, 6) is -0.355. The Balaban J connectivity index is 2.64. The van der Waals surface area contributed by atoms with Crippen LogP contribution in [0, 0.1) is 5.82 Å². The van der Waals surface area contributed by atoms with Crippen molar-refractivity contribution in [1.82, 2.24) is 4.90 Å². The van der Waals surface area contributed by atoms with Crippen LogP contribution < -0.4 is 0 Å². The third-order valence-electron chi connectivity index (χ3n) is 3.21. The minimum absolute atomic E-state index is 0.0212. The maximum Gasteiger partial charge on any atom is 0.131 e. The van der Waals surface area contributed by atoms with Gasteiger partial charge >= 0.3 is 0 Å². The summed E-state index contributed by atoms with van der Waals surface area (Å²) >= 11 is 0. The number of phenols is 1. The molecule has 0 fully saturated rings. The van der Waals surface area contributed by atoms with Crippen molar-refractivity contribution in [3.05, 3.63) is 29.6 Å². The predicted octanol–water partition coefficient (Wildman–Crippen LogP) is 3.71. The highest BCUT2D eigenvalue weighted by atomic mass is 19.1. The maximum absolute atomic E-state index is 13.7. The quantitative estimate of drug-likeness (QED) is 0.765. The molecule has 0 heterocycles. The van der Waals surface area contributed by atoms with Crippen LogP contribution in [0.15, 0.2) is 18.2 Å². The van der Waals surface area contributed by atoms with Gasteiger partial charge in [-0.1, -0.05) is 25.8 Å². The van der Waals surface area contributed by atoms with Gasteiger partial charge in [-0.15, -0.1) is 0 Å². The number of unbranched alkanes of at least 4 members (excludes halogenated alkanes) is 2. The van der Waals surface area contributed by atoms with Gasteiger partial charge in [-0.25, -0.2) is 4.39 Å². The second-order valence-electron chi connectivity index (χ2n) is 4.57. The van der Waals surface area contributed by atoms with Gasteiger partial charge in [0, 0.05) is 17.7 Å². The van der Waals surface area contributed by atoms with Crippen molar-refractivity contribution in [3.8, 4) is 5.75 Å². The zero-order valence-corrected chi connectivity index (χ0v) is 10.9. The van der Waals surface area contributed by atoms with Gasteiger partial charge in [0.1, 0.15) is 11.6 Å². The Labute approximate surface area is 103 Å². The van der Waals surface area contributed by atoms with Crippen molar-refractivity contribution < 1.29 is 9.50 Å². The molecule has 0 aliphatic carbocycles. The van der Waals surface area contributed by atoms with Crippen LogP contribution in [0.4, 0.5) is 4.39 Å². The highest BCUT2D eigenvalue weighted by molar-refractivity contribution is 5.29. The van der Waals surface area contributed by atoms with Crippen LogP contribution in [0.1, 0.15) is 44.7 Å². The van der Waals surface area contributed by atoms with Crippen LogP contribution in [0.25, 0.3) is 0 Å². The first kappa shape index (κ1) is 14.0. The first-order chi connectivity index (χ1) is 8.06. The van der Waals surface area contributed by atoms with Crippen molar-refractivity contribution in [3.63, 3.8) is 0 Å². The Kier molecular flexibility index (Phi) is 5.42. The molecule has 3 heteroatoms. The van der Waals surface area contributed by atoms with E-state index in [4.69, 9.17) is 0 Å². The fourth-order valence-electron chi connectivity index (χ4n) is 1.90. The highest BCUT2D eigenvalue weighted by Crippen LogP contribution is 2.24. The van der Waals surface area contributed by atoms with Gasteiger partial charge in [0.25, 0.3) is 0 Å². The molecular weight excluding hydrogens is 217 g/mol. The molecule has 0 saturated carbocycles. The monoisotopic (exact) mass is 239 g/mol. The van der Waals surface area contributed by atoms with Crippen LogP contribution in [0.3, 0.4) is 0 Å². The first-order valence-corrected chi connectivity index (χ1v) is 6.25. The molecule has 1 aromatic rings. The molecule has 1 aromatic carbocycles. The van der Waals surface area contributed by atoms with E-state index in [1.165, 1.54) is 25.0 Å². The van der Waals surface area contributed by atoms with Crippen molar-refractivity contribution in [2.45, 2.75) is 39.2 Å². The van der Waals surface area contributed by atoms with Gasteiger partial charge < -0.3 is 5.11 Å². The second-order valence-corrected chi connectivity index (χ2v) is 4.57. The van der Waals surface area contributed by atoms with Gasteiger partial charge in [0.2, 0.25) is 0 Å². The van der Waals surface area contributed by atoms with E-state index in [1.807, 2.05) is 14.0 Å². The summed E-state index contributed by atoms with van der Waals surface area (Å²) in [6.07, 6.45) is 3.53. The number of nitrogens with zero attached hydrogens (tertiary/aromatic N) is 1. The lowest BCUT2D eigenvalue weighted by Gasteiger charge is -2.25. The smallest absolute Gasteiger partial charge is 0.131 e. The molecule has 1 unspecified atom stereocenters. The molecule has 0 aromatic heterocycles. The van der Waals surface area contributed by atoms with Crippen LogP contribution in [0.5, 0.6) is 5.75 Å². The Morgan fingerprint density at radius 1 is 1.35 bits per heavy atom. The summed E-state index contributed by atoms with van der Waals surface area (Å²) < 4.78 is 13.7. The van der Waals surface area contributed by atoms with Crippen molar-refractivity contribution in [2.75, 3.05) is 13.6 Å². The van der Waals surface area contributed by atoms with E-state index < -0.39 is 0 Å². The number of phenolic OH excluding ortho intramolecular Hbond substituents is 1. The molecule has 0 aliphatic rings. The molecular formula is C14H22FNO. The third-order valence-corrected chi connectivity index (χ3v) is 3.21. The van der Waals surface area contributed by atoms with E-state index in [1.54, 1.807) is 6.07 Å². The van der Waals surface area contributed by atoms with E-state index >= 15 is 0 Å². The van der Waals surface area contributed by atoms with E-state index in [9.17, 15) is 9.50 Å². The van der Waals surface area contributed by atoms with E-state index in [0.717, 1.165) is 13.0 Å². The molecule has 0 radical (unpaired) electrons. The largest absolute Gasteiger partial charge is 0.508 e. The minimum atomic E-state index is -0.333. The maximum atomic E-state index is 13.7. The Morgan fingerprint density at radius 2 is 2.06 bits per heavy atom. The minimum Gasteiger partial charge on any atom is -0.508 e. The van der Waals surface area contributed by atoms with Gasteiger partial charge in [0.15, 0.2) is 0 Å². The van der Waals surface area contributed by atoms with Crippen LogP contribution in [-0.4, -0.2) is 23.6 Å². The van der Waals surface area contributed by atoms with Gasteiger partial charge in [0.05, 0.1) is 0 Å². The number of rotatable bonds is 6. The van der Waals surface area contributed by atoms with Crippen molar-refractivity contribution >= 4 is 0 Å². The molecule has 0 saturated heterocycles. The summed E-state index contributed by atoms with van der Waals surface area (Å²) in [5.41, 5.74) is 0.641. The topological polar surface area (TPSA) is 23.5 Å². The molecule has 0 spiro atoms. The fourth-order valence-corrected chi connectivity index (χ4v) is 1.90. The highest BCUT2D eigenvalue weighted by Gasteiger charge is 2.15. The molecule has 1 rings (SSSR count). The standard InChI is InChI=1S/C14H22FNO/c1-4-5-6-9-16(3)11(2)13-8-7-12(17)10-14(13)15/h7-8,10-11,17H,4-6,9H2,1-3H3. The predicted molar refractivity (Wildman–Crippen MR) is 68.6 cm³/mol. The zero-order valence-electron chi connectivity index (χ0n) is 10.9. The lowest BCUT2D eigenvalue weighted by atomic mass is 10.1. The summed E-state index contributed by atoms with van der Waals surface area (Å²) in [5, 5.41) is 9.18. The molecule has 1 N–H and O–H groups in total. The summed E-state index contributed by atoms with van der Waals surface area (Å²) in [7, 11) is 2.01. The van der Waals surface area contributed by atoms with Gasteiger partial charge in [-0.3, -0.25) is 4.90 Å². The number of benzene rings is 1. The Morgan fingerprint density at radius 3 is 2.65 bits per heavy atom. The van der Waals surface area contributed by atoms with Gasteiger partial charge in [-0.2, -0.15) is 0 Å². The molecule has 0 amide bonds. The molecule has 0 bridgehead atoms. The second kappa shape index (κ2) is 6.60.